The highest BCUT2D eigenvalue weighted by molar-refractivity contribution is 5.29. The van der Waals surface area contributed by atoms with Gasteiger partial charge in [-0.25, -0.2) is 0 Å². The Hall–Kier alpha value is -1.18. The second kappa shape index (κ2) is 6.37. The van der Waals surface area contributed by atoms with Gasteiger partial charge < -0.3 is 19.5 Å². The number of piperidine rings is 1. The lowest BCUT2D eigenvalue weighted by Gasteiger charge is -2.36. The molecule has 1 atom stereocenters. The molecule has 3 saturated heterocycles. The summed E-state index contributed by atoms with van der Waals surface area (Å²) >= 11 is 0. The topological polar surface area (TPSA) is 58.5 Å². The zero-order valence-electron chi connectivity index (χ0n) is 14.1. The maximum atomic E-state index is 6.16. The number of aromatic nitrogens is 3. The third-order valence-corrected chi connectivity index (χ3v) is 5.75. The molecule has 1 spiro atoms. The van der Waals surface area contributed by atoms with E-state index >= 15 is 0 Å². The third kappa shape index (κ3) is 3.22. The summed E-state index contributed by atoms with van der Waals surface area (Å²) in [4.78, 5) is 4.88. The number of nitrogens with zero attached hydrogens (tertiary/aromatic N) is 5. The Kier molecular flexibility index (Phi) is 4.26. The van der Waals surface area contributed by atoms with Crippen LogP contribution >= 0.6 is 0 Å². The molecule has 4 rings (SSSR count). The second-order valence-electron chi connectivity index (χ2n) is 7.42. The number of ether oxygens (including phenoxy) is 1. The highest BCUT2D eigenvalue weighted by Crippen LogP contribution is 2.40. The highest BCUT2D eigenvalue weighted by Gasteiger charge is 2.41. The molecule has 3 aliphatic rings. The molecule has 3 aliphatic heterocycles. The van der Waals surface area contributed by atoms with Crippen LogP contribution in [-0.2, 0) is 11.8 Å². The summed E-state index contributed by atoms with van der Waals surface area (Å²) in [5, 5.41) is 11.7. The molecule has 4 heterocycles. The van der Waals surface area contributed by atoms with Gasteiger partial charge in [0, 0.05) is 39.8 Å². The molecule has 7 heteroatoms. The summed E-state index contributed by atoms with van der Waals surface area (Å²) in [5.74, 6) is 0.982. The first-order valence-electron chi connectivity index (χ1n) is 8.88. The van der Waals surface area contributed by atoms with Gasteiger partial charge in [0.05, 0.1) is 12.7 Å². The van der Waals surface area contributed by atoms with Crippen LogP contribution in [-0.4, -0.2) is 78.2 Å². The van der Waals surface area contributed by atoms with E-state index in [0.717, 1.165) is 58.4 Å². The van der Waals surface area contributed by atoms with E-state index < -0.39 is 0 Å². The predicted molar refractivity (Wildman–Crippen MR) is 88.5 cm³/mol. The van der Waals surface area contributed by atoms with Gasteiger partial charge in [0.1, 0.15) is 6.33 Å². The fourth-order valence-electron chi connectivity index (χ4n) is 4.30. The molecule has 0 amide bonds. The number of hydrogen-bond donors (Lipinski definition) is 1. The van der Waals surface area contributed by atoms with Crippen molar-refractivity contribution in [3.63, 3.8) is 0 Å². The van der Waals surface area contributed by atoms with Gasteiger partial charge >= 0.3 is 0 Å². The molecule has 0 saturated carbocycles. The van der Waals surface area contributed by atoms with Gasteiger partial charge in [0.15, 0.2) is 0 Å². The normalized spacial score (nSPS) is 28.6. The molecule has 0 aliphatic carbocycles. The van der Waals surface area contributed by atoms with Gasteiger partial charge in [0.25, 0.3) is 0 Å². The molecule has 1 N–H and O–H groups in total. The molecule has 128 valence electrons. The number of aryl methyl sites for hydroxylation is 1. The molecule has 1 unspecified atom stereocenters. The molecule has 3 fully saturated rings. The van der Waals surface area contributed by atoms with Crippen LogP contribution in [0.15, 0.2) is 6.33 Å². The first kappa shape index (κ1) is 15.4. The van der Waals surface area contributed by atoms with E-state index in [1.54, 1.807) is 6.33 Å². The Bertz CT molecular complexity index is 518. The van der Waals surface area contributed by atoms with Crippen molar-refractivity contribution >= 4 is 5.95 Å². The Morgan fingerprint density at radius 1 is 1.26 bits per heavy atom. The Labute approximate surface area is 138 Å². The van der Waals surface area contributed by atoms with Gasteiger partial charge in [-0.1, -0.05) is 0 Å². The summed E-state index contributed by atoms with van der Waals surface area (Å²) in [6.45, 7) is 8.59. The Morgan fingerprint density at radius 3 is 2.74 bits per heavy atom. The minimum atomic E-state index is 0.425. The van der Waals surface area contributed by atoms with Crippen molar-refractivity contribution in [3.05, 3.63) is 6.33 Å². The minimum absolute atomic E-state index is 0.425. The van der Waals surface area contributed by atoms with Crippen molar-refractivity contribution in [2.75, 3.05) is 57.3 Å². The van der Waals surface area contributed by atoms with Gasteiger partial charge in [-0.3, -0.25) is 4.90 Å². The van der Waals surface area contributed by atoms with Gasteiger partial charge in [-0.15, -0.1) is 10.2 Å². The summed E-state index contributed by atoms with van der Waals surface area (Å²) in [5.41, 5.74) is 0.469. The quantitative estimate of drug-likeness (QED) is 0.852. The van der Waals surface area contributed by atoms with Crippen molar-refractivity contribution in [3.8, 4) is 0 Å². The fraction of sp³-hybridized carbons (Fsp3) is 0.875. The van der Waals surface area contributed by atoms with Crippen molar-refractivity contribution in [2.45, 2.75) is 25.4 Å². The van der Waals surface area contributed by atoms with Crippen LogP contribution in [0.1, 0.15) is 19.3 Å². The first-order valence-corrected chi connectivity index (χ1v) is 8.88. The highest BCUT2D eigenvalue weighted by atomic mass is 16.5. The Morgan fingerprint density at radius 2 is 2.04 bits per heavy atom. The number of piperazine rings is 1. The van der Waals surface area contributed by atoms with Crippen LogP contribution in [0, 0.1) is 5.41 Å². The van der Waals surface area contributed by atoms with E-state index in [2.05, 4.69) is 25.3 Å². The average molecular weight is 320 g/mol. The van der Waals surface area contributed by atoms with E-state index in [4.69, 9.17) is 4.74 Å². The van der Waals surface area contributed by atoms with Crippen LogP contribution in [0.25, 0.3) is 0 Å². The van der Waals surface area contributed by atoms with Gasteiger partial charge in [0.2, 0.25) is 5.95 Å². The molecule has 0 aromatic carbocycles. The molecular weight excluding hydrogens is 292 g/mol. The van der Waals surface area contributed by atoms with Crippen molar-refractivity contribution in [2.24, 2.45) is 12.5 Å². The largest absolute Gasteiger partial charge is 0.376 e. The molecule has 1 aromatic heterocycles. The van der Waals surface area contributed by atoms with Crippen LogP contribution in [0.5, 0.6) is 0 Å². The maximum absolute atomic E-state index is 6.16. The third-order valence-electron chi connectivity index (χ3n) is 5.75. The Balaban J connectivity index is 1.26. The zero-order chi connectivity index (χ0) is 15.7. The van der Waals surface area contributed by atoms with Crippen molar-refractivity contribution in [1.82, 2.24) is 25.0 Å². The lowest BCUT2D eigenvalue weighted by molar-refractivity contribution is 0.0599. The van der Waals surface area contributed by atoms with Crippen LogP contribution in [0.2, 0.25) is 0 Å². The van der Waals surface area contributed by atoms with E-state index in [0.29, 0.717) is 11.5 Å². The lowest BCUT2D eigenvalue weighted by Crippen LogP contribution is -2.49. The van der Waals surface area contributed by atoms with E-state index in [1.165, 1.54) is 19.3 Å². The number of rotatable bonds is 3. The standard InChI is InChI=1S/C16H28N6O/c1-20-13-18-19-15(20)22-8-6-21(7-9-22)11-14-10-16(12-23-14)2-4-17-5-3-16/h13-14,17H,2-12H2,1H3. The minimum Gasteiger partial charge on any atom is -0.376 e. The van der Waals surface area contributed by atoms with Crippen molar-refractivity contribution < 1.29 is 4.74 Å². The monoisotopic (exact) mass is 320 g/mol. The summed E-state index contributed by atoms with van der Waals surface area (Å²) in [6.07, 6.45) is 6.01. The van der Waals surface area contributed by atoms with Crippen LogP contribution in [0.4, 0.5) is 5.95 Å². The lowest BCUT2D eigenvalue weighted by atomic mass is 9.77. The molecule has 1 aromatic rings. The van der Waals surface area contributed by atoms with E-state index in [9.17, 15) is 0 Å². The smallest absolute Gasteiger partial charge is 0.226 e. The summed E-state index contributed by atoms with van der Waals surface area (Å²) < 4.78 is 8.15. The number of nitrogens with one attached hydrogen (secondary N) is 1. The van der Waals surface area contributed by atoms with E-state index in [-0.39, 0.29) is 0 Å². The predicted octanol–water partition coefficient (Wildman–Crippen LogP) is 0.0958. The first-order chi connectivity index (χ1) is 11.2. The number of anilines is 1. The van der Waals surface area contributed by atoms with Gasteiger partial charge in [-0.05, 0) is 37.8 Å². The summed E-state index contributed by atoms with van der Waals surface area (Å²) in [7, 11) is 2.01. The molecule has 0 radical (unpaired) electrons. The molecule has 0 bridgehead atoms. The van der Waals surface area contributed by atoms with E-state index in [1.807, 2.05) is 11.6 Å². The number of hydrogen-bond acceptors (Lipinski definition) is 6. The molecule has 7 nitrogen and oxygen atoms in total. The fourth-order valence-corrected chi connectivity index (χ4v) is 4.30. The van der Waals surface area contributed by atoms with Crippen molar-refractivity contribution in [1.29, 1.82) is 0 Å². The molecular formula is C16H28N6O. The summed E-state index contributed by atoms with van der Waals surface area (Å²) in [6, 6.07) is 0. The maximum Gasteiger partial charge on any atom is 0.226 e. The van der Waals surface area contributed by atoms with Crippen LogP contribution < -0.4 is 10.2 Å². The second-order valence-corrected chi connectivity index (χ2v) is 7.42. The zero-order valence-corrected chi connectivity index (χ0v) is 14.1. The average Bonchev–Trinajstić information content (AvgIpc) is 3.16. The van der Waals surface area contributed by atoms with Gasteiger partial charge in [-0.2, -0.15) is 0 Å². The SMILES string of the molecule is Cn1cnnc1N1CCN(CC2CC3(CCNCC3)CO2)CC1. The van der Waals surface area contributed by atoms with Crippen LogP contribution in [0.3, 0.4) is 0 Å². The molecule has 23 heavy (non-hydrogen) atoms.